The number of hydrogen-bond acceptors (Lipinski definition) is 3. The highest BCUT2D eigenvalue weighted by molar-refractivity contribution is 5.99. The first-order valence-corrected chi connectivity index (χ1v) is 10.9. The topological polar surface area (TPSA) is 52.6 Å². The first kappa shape index (κ1) is 18.2. The molecule has 2 amide bonds. The van der Waals surface area contributed by atoms with E-state index in [-0.39, 0.29) is 17.2 Å². The van der Waals surface area contributed by atoms with Crippen molar-refractivity contribution in [2.75, 3.05) is 38.5 Å². The van der Waals surface area contributed by atoms with Crippen molar-refractivity contribution in [3.05, 3.63) is 29.8 Å². The molecule has 5 nitrogen and oxygen atoms in total. The third kappa shape index (κ3) is 3.24. The number of anilines is 1. The van der Waals surface area contributed by atoms with E-state index in [0.717, 1.165) is 68.9 Å². The SMILES string of the molecule is CN1CCN(C(=O)c2cccc(NC(=O)C34CC5CC(CC(C5)C3)C4)c2)CC1. The van der Waals surface area contributed by atoms with E-state index in [1.807, 2.05) is 29.2 Å². The molecular weight excluding hydrogens is 350 g/mol. The van der Waals surface area contributed by atoms with E-state index in [2.05, 4.69) is 17.3 Å². The van der Waals surface area contributed by atoms with Gasteiger partial charge in [-0.2, -0.15) is 0 Å². The maximum absolute atomic E-state index is 13.3. The summed E-state index contributed by atoms with van der Waals surface area (Å²) in [7, 11) is 2.09. The number of piperazine rings is 1. The van der Waals surface area contributed by atoms with Gasteiger partial charge < -0.3 is 15.1 Å². The number of carbonyl (C=O) groups excluding carboxylic acids is 2. The van der Waals surface area contributed by atoms with Gasteiger partial charge in [0.25, 0.3) is 5.91 Å². The Hall–Kier alpha value is -1.88. The summed E-state index contributed by atoms with van der Waals surface area (Å²) in [4.78, 5) is 30.3. The van der Waals surface area contributed by atoms with Crippen LogP contribution < -0.4 is 5.32 Å². The van der Waals surface area contributed by atoms with Crippen molar-refractivity contribution in [1.82, 2.24) is 9.80 Å². The second-order valence-corrected chi connectivity index (χ2v) is 9.83. The normalized spacial score (nSPS) is 34.5. The third-order valence-corrected chi connectivity index (χ3v) is 7.68. The first-order valence-electron chi connectivity index (χ1n) is 10.9. The molecule has 150 valence electrons. The molecule has 1 aliphatic heterocycles. The average molecular weight is 382 g/mol. The lowest BCUT2D eigenvalue weighted by atomic mass is 9.49. The summed E-state index contributed by atoms with van der Waals surface area (Å²) in [6.45, 7) is 3.35. The fourth-order valence-electron chi connectivity index (χ4n) is 6.57. The molecule has 1 aromatic rings. The van der Waals surface area contributed by atoms with Crippen LogP contribution >= 0.6 is 0 Å². The molecule has 0 unspecified atom stereocenters. The number of hydrogen-bond donors (Lipinski definition) is 1. The van der Waals surface area contributed by atoms with E-state index in [9.17, 15) is 9.59 Å². The number of carbonyl (C=O) groups is 2. The molecule has 1 saturated heterocycles. The molecule has 0 spiro atoms. The minimum absolute atomic E-state index is 0.0685. The van der Waals surface area contributed by atoms with Gasteiger partial charge in [-0.3, -0.25) is 9.59 Å². The number of amides is 2. The van der Waals surface area contributed by atoms with Gasteiger partial charge in [-0.15, -0.1) is 0 Å². The summed E-state index contributed by atoms with van der Waals surface area (Å²) >= 11 is 0. The van der Waals surface area contributed by atoms with Gasteiger partial charge in [0.2, 0.25) is 5.91 Å². The van der Waals surface area contributed by atoms with Crippen molar-refractivity contribution in [3.8, 4) is 0 Å². The molecule has 5 heteroatoms. The Morgan fingerprint density at radius 3 is 2.18 bits per heavy atom. The largest absolute Gasteiger partial charge is 0.336 e. The Balaban J connectivity index is 1.29. The number of nitrogens with zero attached hydrogens (tertiary/aromatic N) is 2. The molecule has 28 heavy (non-hydrogen) atoms. The van der Waals surface area contributed by atoms with E-state index in [1.54, 1.807) is 0 Å². The summed E-state index contributed by atoms with van der Waals surface area (Å²) < 4.78 is 0. The van der Waals surface area contributed by atoms with Crippen molar-refractivity contribution < 1.29 is 9.59 Å². The Kier molecular flexibility index (Phi) is 4.46. The van der Waals surface area contributed by atoms with Crippen molar-refractivity contribution in [3.63, 3.8) is 0 Å². The Morgan fingerprint density at radius 2 is 1.57 bits per heavy atom. The van der Waals surface area contributed by atoms with Crippen molar-refractivity contribution in [2.45, 2.75) is 38.5 Å². The lowest BCUT2D eigenvalue weighted by Gasteiger charge is -2.55. The Labute approximate surface area is 167 Å². The highest BCUT2D eigenvalue weighted by Gasteiger charge is 2.54. The first-order chi connectivity index (χ1) is 13.5. The van der Waals surface area contributed by atoms with Gasteiger partial charge in [-0.1, -0.05) is 6.07 Å². The molecule has 0 radical (unpaired) electrons. The molecule has 5 fully saturated rings. The second-order valence-electron chi connectivity index (χ2n) is 9.83. The zero-order chi connectivity index (χ0) is 19.3. The van der Waals surface area contributed by atoms with E-state index >= 15 is 0 Å². The van der Waals surface area contributed by atoms with Gasteiger partial charge in [-0.05, 0) is 81.5 Å². The lowest BCUT2D eigenvalue weighted by Crippen LogP contribution is -2.51. The molecule has 0 atom stereocenters. The second kappa shape index (κ2) is 6.87. The van der Waals surface area contributed by atoms with Crippen LogP contribution in [-0.4, -0.2) is 54.8 Å². The third-order valence-electron chi connectivity index (χ3n) is 7.68. The summed E-state index contributed by atoms with van der Waals surface area (Å²) in [6, 6.07) is 7.53. The van der Waals surface area contributed by atoms with Crippen LogP contribution in [0.1, 0.15) is 48.9 Å². The predicted molar refractivity (Wildman–Crippen MR) is 109 cm³/mol. The van der Waals surface area contributed by atoms with Gasteiger partial charge in [-0.25, -0.2) is 0 Å². The van der Waals surface area contributed by atoms with Crippen LogP contribution in [0.5, 0.6) is 0 Å². The van der Waals surface area contributed by atoms with Gasteiger partial charge in [0, 0.05) is 37.4 Å². The number of likely N-dealkylation sites (N-methyl/N-ethyl adjacent to an activating group) is 1. The highest BCUT2D eigenvalue weighted by Crippen LogP contribution is 2.60. The quantitative estimate of drug-likeness (QED) is 0.875. The summed E-state index contributed by atoms with van der Waals surface area (Å²) in [5, 5.41) is 3.19. The van der Waals surface area contributed by atoms with Gasteiger partial charge in [0.15, 0.2) is 0 Å². The molecule has 4 saturated carbocycles. The Bertz CT molecular complexity index is 747. The molecule has 1 heterocycles. The van der Waals surface area contributed by atoms with E-state index in [4.69, 9.17) is 0 Å². The van der Waals surface area contributed by atoms with Crippen LogP contribution in [0.4, 0.5) is 5.69 Å². The maximum atomic E-state index is 13.3. The predicted octanol–water partition coefficient (Wildman–Crippen LogP) is 3.23. The van der Waals surface area contributed by atoms with E-state index < -0.39 is 0 Å². The minimum Gasteiger partial charge on any atom is -0.336 e. The minimum atomic E-state index is -0.160. The number of rotatable bonds is 3. The smallest absolute Gasteiger partial charge is 0.254 e. The van der Waals surface area contributed by atoms with Gasteiger partial charge >= 0.3 is 0 Å². The van der Waals surface area contributed by atoms with Crippen LogP contribution in [0, 0.1) is 23.2 Å². The average Bonchev–Trinajstić information content (AvgIpc) is 2.67. The molecule has 4 aliphatic carbocycles. The van der Waals surface area contributed by atoms with Crippen LogP contribution in [0.2, 0.25) is 0 Å². The molecule has 0 aromatic heterocycles. The number of benzene rings is 1. The van der Waals surface area contributed by atoms with Crippen molar-refractivity contribution >= 4 is 17.5 Å². The molecule has 4 bridgehead atoms. The summed E-state index contributed by atoms with van der Waals surface area (Å²) in [6.07, 6.45) is 7.19. The Morgan fingerprint density at radius 1 is 0.964 bits per heavy atom. The zero-order valence-corrected chi connectivity index (χ0v) is 16.8. The van der Waals surface area contributed by atoms with Crippen LogP contribution in [0.3, 0.4) is 0 Å². The highest BCUT2D eigenvalue weighted by atomic mass is 16.2. The molecule has 5 aliphatic rings. The van der Waals surface area contributed by atoms with Crippen molar-refractivity contribution in [2.24, 2.45) is 23.2 Å². The molecular formula is C23H31N3O2. The van der Waals surface area contributed by atoms with Crippen LogP contribution in [0.15, 0.2) is 24.3 Å². The lowest BCUT2D eigenvalue weighted by molar-refractivity contribution is -0.140. The van der Waals surface area contributed by atoms with Crippen LogP contribution in [-0.2, 0) is 4.79 Å². The number of nitrogens with one attached hydrogen (secondary N) is 1. The van der Waals surface area contributed by atoms with Crippen LogP contribution in [0.25, 0.3) is 0 Å². The maximum Gasteiger partial charge on any atom is 0.254 e. The summed E-state index contributed by atoms with van der Waals surface area (Å²) in [5.41, 5.74) is 1.28. The fraction of sp³-hybridized carbons (Fsp3) is 0.652. The summed E-state index contributed by atoms with van der Waals surface area (Å²) in [5.74, 6) is 2.52. The van der Waals surface area contributed by atoms with E-state index in [1.165, 1.54) is 19.3 Å². The van der Waals surface area contributed by atoms with Crippen molar-refractivity contribution in [1.29, 1.82) is 0 Å². The van der Waals surface area contributed by atoms with Gasteiger partial charge in [0.1, 0.15) is 0 Å². The standard InChI is InChI=1S/C23H31N3O2/c1-25-5-7-26(8-6-25)21(27)19-3-2-4-20(12-19)24-22(28)23-13-16-9-17(14-23)11-18(10-16)15-23/h2-4,12,16-18H,5-11,13-15H2,1H3,(H,24,28). The van der Waals surface area contributed by atoms with E-state index in [0.29, 0.717) is 5.56 Å². The monoisotopic (exact) mass is 381 g/mol. The molecule has 1 aromatic carbocycles. The zero-order valence-electron chi connectivity index (χ0n) is 16.8. The van der Waals surface area contributed by atoms with Gasteiger partial charge in [0.05, 0.1) is 5.41 Å². The molecule has 6 rings (SSSR count). The molecule has 1 N–H and O–H groups in total. The fourth-order valence-corrected chi connectivity index (χ4v) is 6.57.